The molecule has 1 saturated heterocycles. The van der Waals surface area contributed by atoms with Gasteiger partial charge in [-0.05, 0) is 32.2 Å². The van der Waals surface area contributed by atoms with Crippen molar-refractivity contribution in [3.8, 4) is 0 Å². The molecular formula is C14H24N4O2S. The first kappa shape index (κ1) is 15.0. The molecule has 1 N–H and O–H groups in total. The topological polar surface area (TPSA) is 67.2 Å². The molecule has 0 radical (unpaired) electrons. The van der Waals surface area contributed by atoms with Crippen LogP contribution in [0.5, 0.6) is 0 Å². The fraction of sp³-hybridized carbons (Fsp3) is 0.786. The van der Waals surface area contributed by atoms with Gasteiger partial charge in [-0.1, -0.05) is 12.8 Å². The van der Waals surface area contributed by atoms with Gasteiger partial charge >= 0.3 is 0 Å². The van der Waals surface area contributed by atoms with E-state index >= 15 is 0 Å². The fourth-order valence-electron chi connectivity index (χ4n) is 3.62. The van der Waals surface area contributed by atoms with Crippen LogP contribution in [-0.2, 0) is 16.6 Å². The van der Waals surface area contributed by atoms with Crippen molar-refractivity contribution >= 4 is 10.0 Å². The molecule has 0 spiro atoms. The maximum Gasteiger partial charge on any atom is 0.246 e. The summed E-state index contributed by atoms with van der Waals surface area (Å²) in [6, 6.07) is 0.212. The van der Waals surface area contributed by atoms with Crippen molar-refractivity contribution in [2.45, 2.75) is 49.6 Å². The number of rotatable bonds is 5. The monoisotopic (exact) mass is 312 g/mol. The van der Waals surface area contributed by atoms with E-state index in [4.69, 9.17) is 0 Å². The predicted octanol–water partition coefficient (Wildman–Crippen LogP) is 1.06. The molecule has 1 aromatic rings. The molecule has 2 atom stereocenters. The van der Waals surface area contributed by atoms with Crippen molar-refractivity contribution in [1.29, 1.82) is 0 Å². The molecule has 3 rings (SSSR count). The molecule has 2 unspecified atom stereocenters. The van der Waals surface area contributed by atoms with Gasteiger partial charge in [0.05, 0.1) is 12.7 Å². The number of hydrogen-bond donors (Lipinski definition) is 1. The Hall–Kier alpha value is -0.920. The summed E-state index contributed by atoms with van der Waals surface area (Å²) in [6.07, 6.45) is 8.74. The number of sulfonamides is 1. The van der Waals surface area contributed by atoms with E-state index in [-0.39, 0.29) is 6.04 Å². The highest BCUT2D eigenvalue weighted by Gasteiger charge is 2.42. The Morgan fingerprint density at radius 3 is 2.95 bits per heavy atom. The second-order valence-corrected chi connectivity index (χ2v) is 7.95. The molecule has 118 valence electrons. The number of nitrogens with one attached hydrogen (secondary N) is 1. The molecule has 1 saturated carbocycles. The van der Waals surface area contributed by atoms with Crippen LogP contribution in [0.15, 0.2) is 17.3 Å². The van der Waals surface area contributed by atoms with Crippen molar-refractivity contribution in [2.75, 3.05) is 20.1 Å². The van der Waals surface area contributed by atoms with Gasteiger partial charge in [0.1, 0.15) is 4.90 Å². The van der Waals surface area contributed by atoms with E-state index in [1.54, 1.807) is 15.2 Å². The first-order chi connectivity index (χ1) is 10.1. The van der Waals surface area contributed by atoms with E-state index in [0.29, 0.717) is 23.9 Å². The summed E-state index contributed by atoms with van der Waals surface area (Å²) < 4.78 is 29.1. The number of hydrogen-bond acceptors (Lipinski definition) is 4. The zero-order valence-corrected chi connectivity index (χ0v) is 13.3. The molecule has 0 bridgehead atoms. The Labute approximate surface area is 126 Å². The summed E-state index contributed by atoms with van der Waals surface area (Å²) in [6.45, 7) is 2.12. The average Bonchev–Trinajstić information content (AvgIpc) is 3.12. The Bertz CT molecular complexity index is 584. The fourth-order valence-corrected chi connectivity index (χ4v) is 5.31. The number of likely N-dealkylation sites (N-methyl/N-ethyl adjacent to an activating group) is 1. The quantitative estimate of drug-likeness (QED) is 0.883. The molecule has 2 heterocycles. The normalized spacial score (nSPS) is 26.9. The van der Waals surface area contributed by atoms with Gasteiger partial charge < -0.3 is 5.32 Å². The molecule has 1 aromatic heterocycles. The first-order valence-electron chi connectivity index (χ1n) is 7.82. The standard InChI is InChI=1S/C14H24N4O2S/c1-15-7-9-17-11-13(10-16-17)21(19,20)18-8-6-12-4-2-3-5-14(12)18/h10-12,14-15H,2-9H2,1H3. The van der Waals surface area contributed by atoms with Crippen LogP contribution in [-0.4, -0.2) is 48.7 Å². The second-order valence-electron chi connectivity index (χ2n) is 6.06. The number of nitrogens with zero attached hydrogens (tertiary/aromatic N) is 3. The lowest BCUT2D eigenvalue weighted by Crippen LogP contribution is -2.39. The van der Waals surface area contributed by atoms with Crippen LogP contribution in [0.3, 0.4) is 0 Å². The molecule has 2 fully saturated rings. The van der Waals surface area contributed by atoms with Crippen LogP contribution in [0.4, 0.5) is 0 Å². The maximum absolute atomic E-state index is 12.8. The summed E-state index contributed by atoms with van der Waals surface area (Å²) in [5.41, 5.74) is 0. The van der Waals surface area contributed by atoms with Crippen molar-refractivity contribution in [2.24, 2.45) is 5.92 Å². The zero-order valence-electron chi connectivity index (χ0n) is 12.5. The van der Waals surface area contributed by atoms with Gasteiger partial charge in [-0.25, -0.2) is 8.42 Å². The molecule has 1 aliphatic heterocycles. The molecule has 2 aliphatic rings. The van der Waals surface area contributed by atoms with Gasteiger partial charge in [0.15, 0.2) is 0 Å². The summed E-state index contributed by atoms with van der Waals surface area (Å²) in [4.78, 5) is 0.338. The molecule has 1 aliphatic carbocycles. The third-order valence-corrected chi connectivity index (χ3v) is 6.64. The van der Waals surface area contributed by atoms with E-state index in [2.05, 4.69) is 10.4 Å². The highest BCUT2D eigenvalue weighted by Crippen LogP contribution is 2.38. The first-order valence-corrected chi connectivity index (χ1v) is 9.26. The smallest absolute Gasteiger partial charge is 0.246 e. The Morgan fingerprint density at radius 2 is 2.14 bits per heavy atom. The molecular weight excluding hydrogens is 288 g/mol. The highest BCUT2D eigenvalue weighted by atomic mass is 32.2. The van der Waals surface area contributed by atoms with Gasteiger partial charge in [-0.15, -0.1) is 0 Å². The SMILES string of the molecule is CNCCn1cc(S(=O)(=O)N2CCC3CCCCC32)cn1. The number of fused-ring (bicyclic) bond motifs is 1. The van der Waals surface area contributed by atoms with E-state index < -0.39 is 10.0 Å². The van der Waals surface area contributed by atoms with Crippen molar-refractivity contribution in [3.63, 3.8) is 0 Å². The van der Waals surface area contributed by atoms with E-state index in [9.17, 15) is 8.42 Å². The van der Waals surface area contributed by atoms with E-state index in [1.165, 1.54) is 19.0 Å². The molecule has 7 heteroatoms. The van der Waals surface area contributed by atoms with Gasteiger partial charge in [0.2, 0.25) is 10.0 Å². The van der Waals surface area contributed by atoms with Gasteiger partial charge in [0.25, 0.3) is 0 Å². The number of aromatic nitrogens is 2. The zero-order chi connectivity index (χ0) is 14.9. The summed E-state index contributed by atoms with van der Waals surface area (Å²) in [7, 11) is -1.51. The van der Waals surface area contributed by atoms with Crippen molar-refractivity contribution < 1.29 is 8.42 Å². The second kappa shape index (κ2) is 6.06. The van der Waals surface area contributed by atoms with Crippen molar-refractivity contribution in [1.82, 2.24) is 19.4 Å². The van der Waals surface area contributed by atoms with E-state index in [1.807, 2.05) is 7.05 Å². The minimum absolute atomic E-state index is 0.212. The third-order valence-electron chi connectivity index (χ3n) is 4.77. The molecule has 0 aromatic carbocycles. The predicted molar refractivity (Wildman–Crippen MR) is 80.4 cm³/mol. The minimum Gasteiger partial charge on any atom is -0.318 e. The average molecular weight is 312 g/mol. The lowest BCUT2D eigenvalue weighted by atomic mass is 9.86. The van der Waals surface area contributed by atoms with Gasteiger partial charge in [-0.2, -0.15) is 9.40 Å². The van der Waals surface area contributed by atoms with Gasteiger partial charge in [0, 0.05) is 25.3 Å². The summed E-state index contributed by atoms with van der Waals surface area (Å²) in [5.74, 6) is 0.563. The van der Waals surface area contributed by atoms with Crippen LogP contribution in [0, 0.1) is 5.92 Å². The lowest BCUT2D eigenvalue weighted by molar-refractivity contribution is 0.260. The Morgan fingerprint density at radius 1 is 1.33 bits per heavy atom. The molecule has 0 amide bonds. The maximum atomic E-state index is 12.8. The molecule has 6 nitrogen and oxygen atoms in total. The van der Waals surface area contributed by atoms with Crippen molar-refractivity contribution in [3.05, 3.63) is 12.4 Å². The van der Waals surface area contributed by atoms with Gasteiger partial charge in [-0.3, -0.25) is 4.68 Å². The summed E-state index contributed by atoms with van der Waals surface area (Å²) in [5, 5.41) is 7.20. The van der Waals surface area contributed by atoms with E-state index in [0.717, 1.165) is 25.8 Å². The molecule has 21 heavy (non-hydrogen) atoms. The Balaban J connectivity index is 1.78. The third kappa shape index (κ3) is 2.86. The summed E-state index contributed by atoms with van der Waals surface area (Å²) >= 11 is 0. The van der Waals surface area contributed by atoms with Crippen LogP contribution >= 0.6 is 0 Å². The van der Waals surface area contributed by atoms with Crippen LogP contribution in [0.1, 0.15) is 32.1 Å². The van der Waals surface area contributed by atoms with Crippen LogP contribution in [0.2, 0.25) is 0 Å². The lowest BCUT2D eigenvalue weighted by Gasteiger charge is -2.30. The highest BCUT2D eigenvalue weighted by molar-refractivity contribution is 7.89. The minimum atomic E-state index is -3.38. The van der Waals surface area contributed by atoms with Crippen LogP contribution < -0.4 is 5.32 Å². The van der Waals surface area contributed by atoms with Crippen LogP contribution in [0.25, 0.3) is 0 Å². The largest absolute Gasteiger partial charge is 0.318 e. The Kier molecular flexibility index (Phi) is 4.33.